The van der Waals surface area contributed by atoms with Crippen molar-refractivity contribution in [3.63, 3.8) is 0 Å². The summed E-state index contributed by atoms with van der Waals surface area (Å²) in [4.78, 5) is 35.3. The Kier molecular flexibility index (Phi) is 7.24. The topological polar surface area (TPSA) is 90.9 Å². The minimum atomic E-state index is -1.33. The third kappa shape index (κ3) is 5.74. The van der Waals surface area contributed by atoms with Crippen LogP contribution in [0.5, 0.6) is 11.5 Å². The number of hydrogen-bond acceptors (Lipinski definition) is 6. The number of ketones is 1. The molecule has 1 atom stereocenters. The van der Waals surface area contributed by atoms with Gasteiger partial charge in [0.15, 0.2) is 30.0 Å². The molecule has 0 radical (unpaired) electrons. The zero-order valence-electron chi connectivity index (χ0n) is 16.0. The normalized spacial score (nSPS) is 11.3. The SMILES string of the molecule is COc1cc(C(C)=O)ccc1OCC(=O)O[C@@H](C)C(=O)Nc1c(F)cccc1F. The highest BCUT2D eigenvalue weighted by Gasteiger charge is 2.21. The molecule has 1 amide bonds. The van der Waals surface area contributed by atoms with Crippen LogP contribution in [0.4, 0.5) is 14.5 Å². The molecule has 2 aromatic carbocycles. The number of Topliss-reactive ketones (excluding diaryl/α,β-unsaturated/α-hetero) is 1. The second-order valence-corrected chi connectivity index (χ2v) is 5.93. The smallest absolute Gasteiger partial charge is 0.344 e. The number of anilines is 1. The van der Waals surface area contributed by atoms with Crippen molar-refractivity contribution in [1.29, 1.82) is 0 Å². The Hall–Kier alpha value is -3.49. The molecule has 0 saturated heterocycles. The zero-order valence-corrected chi connectivity index (χ0v) is 16.0. The monoisotopic (exact) mass is 407 g/mol. The summed E-state index contributed by atoms with van der Waals surface area (Å²) in [5.74, 6) is -3.44. The highest BCUT2D eigenvalue weighted by Crippen LogP contribution is 2.28. The molecule has 1 N–H and O–H groups in total. The maximum absolute atomic E-state index is 13.6. The van der Waals surface area contributed by atoms with Gasteiger partial charge in [-0.05, 0) is 44.2 Å². The zero-order chi connectivity index (χ0) is 21.6. The number of halogens is 2. The van der Waals surface area contributed by atoms with Crippen LogP contribution < -0.4 is 14.8 Å². The van der Waals surface area contributed by atoms with E-state index in [1.54, 1.807) is 0 Å². The second kappa shape index (κ2) is 9.63. The number of amides is 1. The molecule has 0 fully saturated rings. The lowest BCUT2D eigenvalue weighted by atomic mass is 10.1. The molecular weight excluding hydrogens is 388 g/mol. The first-order valence-corrected chi connectivity index (χ1v) is 8.49. The molecule has 0 unspecified atom stereocenters. The van der Waals surface area contributed by atoms with Gasteiger partial charge in [-0.25, -0.2) is 13.6 Å². The fraction of sp³-hybridized carbons (Fsp3) is 0.250. The molecule has 2 rings (SSSR count). The summed E-state index contributed by atoms with van der Waals surface area (Å²) in [6, 6.07) is 7.53. The Labute approximate surface area is 165 Å². The van der Waals surface area contributed by atoms with Crippen molar-refractivity contribution in [2.24, 2.45) is 0 Å². The number of rotatable bonds is 8. The van der Waals surface area contributed by atoms with E-state index in [0.717, 1.165) is 18.2 Å². The molecule has 0 aliphatic heterocycles. The van der Waals surface area contributed by atoms with Crippen LogP contribution in [0.1, 0.15) is 24.2 Å². The van der Waals surface area contributed by atoms with Crippen molar-refractivity contribution in [1.82, 2.24) is 0 Å². The van der Waals surface area contributed by atoms with Gasteiger partial charge in [0.25, 0.3) is 5.91 Å². The first kappa shape index (κ1) is 21.8. The molecule has 9 heteroatoms. The molecular formula is C20H19F2NO6. The van der Waals surface area contributed by atoms with Crippen molar-refractivity contribution in [3.05, 3.63) is 53.6 Å². The highest BCUT2D eigenvalue weighted by atomic mass is 19.1. The molecule has 0 aliphatic carbocycles. The number of hydrogen-bond donors (Lipinski definition) is 1. The van der Waals surface area contributed by atoms with Gasteiger partial charge in [-0.15, -0.1) is 0 Å². The van der Waals surface area contributed by atoms with Gasteiger partial charge in [-0.1, -0.05) is 6.07 Å². The Balaban J connectivity index is 1.93. The van der Waals surface area contributed by atoms with Crippen molar-refractivity contribution in [3.8, 4) is 11.5 Å². The van der Waals surface area contributed by atoms with Gasteiger partial charge in [0, 0.05) is 5.56 Å². The largest absolute Gasteiger partial charge is 0.493 e. The summed E-state index contributed by atoms with van der Waals surface area (Å²) in [6.45, 7) is 2.09. The van der Waals surface area contributed by atoms with Gasteiger partial charge < -0.3 is 19.5 Å². The Bertz CT molecular complexity index is 911. The van der Waals surface area contributed by atoms with E-state index >= 15 is 0 Å². The van der Waals surface area contributed by atoms with Gasteiger partial charge in [0.05, 0.1) is 7.11 Å². The van der Waals surface area contributed by atoms with Crippen molar-refractivity contribution in [2.75, 3.05) is 19.0 Å². The Morgan fingerprint density at radius 2 is 1.72 bits per heavy atom. The maximum Gasteiger partial charge on any atom is 0.344 e. The summed E-state index contributed by atoms with van der Waals surface area (Å²) >= 11 is 0. The minimum Gasteiger partial charge on any atom is -0.493 e. The van der Waals surface area contributed by atoms with E-state index in [1.165, 1.54) is 39.2 Å². The van der Waals surface area contributed by atoms with Gasteiger partial charge in [-0.2, -0.15) is 0 Å². The lowest BCUT2D eigenvalue weighted by Gasteiger charge is -2.15. The number of carbonyl (C=O) groups excluding carboxylic acids is 3. The van der Waals surface area contributed by atoms with Gasteiger partial charge >= 0.3 is 5.97 Å². The van der Waals surface area contributed by atoms with Gasteiger partial charge in [0.2, 0.25) is 0 Å². The third-order valence-corrected chi connectivity index (χ3v) is 3.80. The van der Waals surface area contributed by atoms with Crippen LogP contribution >= 0.6 is 0 Å². The number of ether oxygens (including phenoxy) is 3. The molecule has 29 heavy (non-hydrogen) atoms. The molecule has 0 saturated carbocycles. The minimum absolute atomic E-state index is 0.166. The highest BCUT2D eigenvalue weighted by molar-refractivity contribution is 5.95. The predicted octanol–water partition coefficient (Wildman–Crippen LogP) is 3.13. The fourth-order valence-electron chi connectivity index (χ4n) is 2.27. The predicted molar refractivity (Wildman–Crippen MR) is 99.0 cm³/mol. The standard InChI is InChI=1S/C20H19F2NO6/c1-11(24)13-7-8-16(17(9-13)27-3)28-10-18(25)29-12(2)20(26)23-19-14(21)5-4-6-15(19)22/h4-9,12H,10H2,1-3H3,(H,23,26)/t12-/m0/s1. The Morgan fingerprint density at radius 3 is 2.31 bits per heavy atom. The first-order valence-electron chi connectivity index (χ1n) is 8.49. The maximum atomic E-state index is 13.6. The fourth-order valence-corrected chi connectivity index (χ4v) is 2.27. The summed E-state index contributed by atoms with van der Waals surface area (Å²) in [5.41, 5.74) is -0.227. The van der Waals surface area contributed by atoms with Crippen LogP contribution in [0.3, 0.4) is 0 Å². The summed E-state index contributed by atoms with van der Waals surface area (Å²) in [6.07, 6.45) is -1.33. The molecule has 0 aliphatic rings. The second-order valence-electron chi connectivity index (χ2n) is 5.93. The molecule has 0 bridgehead atoms. The molecule has 0 heterocycles. The van der Waals surface area contributed by atoms with E-state index in [2.05, 4.69) is 0 Å². The number of para-hydroxylation sites is 1. The number of benzene rings is 2. The lowest BCUT2D eigenvalue weighted by molar-refractivity contribution is -0.155. The third-order valence-electron chi connectivity index (χ3n) is 3.80. The van der Waals surface area contributed by atoms with Crippen LogP contribution in [-0.2, 0) is 14.3 Å². The van der Waals surface area contributed by atoms with Crippen molar-refractivity contribution >= 4 is 23.3 Å². The van der Waals surface area contributed by atoms with E-state index in [0.29, 0.717) is 5.56 Å². The van der Waals surface area contributed by atoms with Crippen molar-refractivity contribution < 1.29 is 37.4 Å². The first-order chi connectivity index (χ1) is 13.7. The Morgan fingerprint density at radius 1 is 1.07 bits per heavy atom. The van der Waals surface area contributed by atoms with E-state index < -0.39 is 41.9 Å². The average Bonchev–Trinajstić information content (AvgIpc) is 2.68. The van der Waals surface area contributed by atoms with E-state index in [9.17, 15) is 23.2 Å². The molecule has 2 aromatic rings. The quantitative estimate of drug-likeness (QED) is 0.534. The van der Waals surface area contributed by atoms with Crippen LogP contribution in [0.25, 0.3) is 0 Å². The van der Waals surface area contributed by atoms with E-state index in [4.69, 9.17) is 14.2 Å². The molecule has 7 nitrogen and oxygen atoms in total. The number of carbonyl (C=O) groups is 3. The van der Waals surface area contributed by atoms with E-state index in [1.807, 2.05) is 5.32 Å². The lowest BCUT2D eigenvalue weighted by Crippen LogP contribution is -2.32. The van der Waals surface area contributed by atoms with Crippen molar-refractivity contribution in [2.45, 2.75) is 20.0 Å². The van der Waals surface area contributed by atoms with E-state index in [-0.39, 0.29) is 17.3 Å². The summed E-state index contributed by atoms with van der Waals surface area (Å²) < 4.78 is 42.5. The molecule has 154 valence electrons. The summed E-state index contributed by atoms with van der Waals surface area (Å²) in [5, 5.41) is 2.03. The summed E-state index contributed by atoms with van der Waals surface area (Å²) in [7, 11) is 1.37. The van der Waals surface area contributed by atoms with Crippen LogP contribution in [0, 0.1) is 11.6 Å². The number of esters is 1. The number of methoxy groups -OCH3 is 1. The van der Waals surface area contributed by atoms with Crippen LogP contribution in [0.15, 0.2) is 36.4 Å². The van der Waals surface area contributed by atoms with Gasteiger partial charge in [-0.3, -0.25) is 9.59 Å². The molecule has 0 spiro atoms. The van der Waals surface area contributed by atoms with Crippen LogP contribution in [-0.4, -0.2) is 37.5 Å². The molecule has 0 aromatic heterocycles. The van der Waals surface area contributed by atoms with Crippen LogP contribution in [0.2, 0.25) is 0 Å². The average molecular weight is 407 g/mol. The number of nitrogens with one attached hydrogen (secondary N) is 1. The van der Waals surface area contributed by atoms with Gasteiger partial charge in [0.1, 0.15) is 17.3 Å².